The van der Waals surface area contributed by atoms with Crippen molar-refractivity contribution in [1.29, 1.82) is 0 Å². The molecule has 0 unspecified atom stereocenters. The summed E-state index contributed by atoms with van der Waals surface area (Å²) in [6.45, 7) is -0.673. The first-order chi connectivity index (χ1) is 5.49. The molecule has 0 spiro atoms. The predicted octanol–water partition coefficient (Wildman–Crippen LogP) is -3.38. The predicted molar refractivity (Wildman–Crippen MR) is 45.9 cm³/mol. The van der Waals surface area contributed by atoms with Crippen molar-refractivity contribution in [2.75, 3.05) is 6.61 Å². The van der Waals surface area contributed by atoms with Gasteiger partial charge in [0.2, 0.25) is 0 Å². The van der Waals surface area contributed by atoms with Crippen molar-refractivity contribution in [1.82, 2.24) is 0 Å². The standard InChI is InChI=1S/C6H12O6.Ca.2H/c7-2-5(10)3(8)1-4(9)6(11)12;;;/h3-5,7-10H,1-2H2,(H,11,12);;;/t3-,4-,5+;;;/m0.../s1. The number of carbonyl (C=O) groups is 1. The molecule has 0 amide bonds. The van der Waals surface area contributed by atoms with Gasteiger partial charge in [0.15, 0.2) is 6.10 Å². The van der Waals surface area contributed by atoms with Gasteiger partial charge >= 0.3 is 43.7 Å². The number of hydrogen-bond acceptors (Lipinski definition) is 5. The summed E-state index contributed by atoms with van der Waals surface area (Å²) in [7, 11) is 0. The number of aliphatic carboxylic acids is 1. The molecule has 3 atom stereocenters. The normalized spacial score (nSPS) is 16.9. The zero-order valence-electron chi connectivity index (χ0n) is 6.29. The summed E-state index contributed by atoms with van der Waals surface area (Å²) >= 11 is 0. The van der Waals surface area contributed by atoms with E-state index in [1.165, 1.54) is 0 Å². The number of aliphatic hydroxyl groups excluding tert-OH is 4. The number of hydrogen-bond donors (Lipinski definition) is 5. The van der Waals surface area contributed by atoms with Crippen LogP contribution in [0.1, 0.15) is 6.42 Å². The average molecular weight is 222 g/mol. The van der Waals surface area contributed by atoms with Crippen LogP contribution >= 0.6 is 0 Å². The van der Waals surface area contributed by atoms with Crippen LogP contribution in [0.25, 0.3) is 0 Å². The van der Waals surface area contributed by atoms with Crippen LogP contribution in [0.15, 0.2) is 0 Å². The summed E-state index contributed by atoms with van der Waals surface area (Å²) in [5, 5.41) is 42.8. The molecule has 5 N–H and O–H groups in total. The summed E-state index contributed by atoms with van der Waals surface area (Å²) in [6.07, 6.45) is -5.07. The second kappa shape index (κ2) is 7.93. The summed E-state index contributed by atoms with van der Waals surface area (Å²) in [5.74, 6) is -1.47. The van der Waals surface area contributed by atoms with Crippen molar-refractivity contribution in [3.05, 3.63) is 0 Å². The van der Waals surface area contributed by atoms with Crippen molar-refractivity contribution >= 4 is 43.7 Å². The van der Waals surface area contributed by atoms with Crippen LogP contribution in [0, 0.1) is 0 Å². The SMILES string of the molecule is O=C(O)[C@@H](O)C[C@H](O)[C@H](O)CO.[CaH2]. The number of rotatable bonds is 5. The fourth-order valence-corrected chi connectivity index (χ4v) is 0.608. The van der Waals surface area contributed by atoms with Gasteiger partial charge in [-0.25, -0.2) is 4.79 Å². The Hall–Kier alpha value is 0.570. The van der Waals surface area contributed by atoms with Crippen molar-refractivity contribution in [2.45, 2.75) is 24.7 Å². The first-order valence-corrected chi connectivity index (χ1v) is 3.37. The fraction of sp³-hybridized carbons (Fsp3) is 0.833. The first kappa shape index (κ1) is 16.0. The molecule has 76 valence electrons. The Bertz CT molecular complexity index is 152. The molecule has 0 saturated carbocycles. The molecule has 0 aromatic heterocycles. The zero-order chi connectivity index (χ0) is 9.72. The summed E-state index contributed by atoms with van der Waals surface area (Å²) in [6, 6.07) is 0. The van der Waals surface area contributed by atoms with Gasteiger partial charge in [-0.2, -0.15) is 0 Å². The second-order valence-corrected chi connectivity index (χ2v) is 2.41. The summed E-state index contributed by atoms with van der Waals surface area (Å²) in [5.41, 5.74) is 0. The summed E-state index contributed by atoms with van der Waals surface area (Å²) < 4.78 is 0. The van der Waals surface area contributed by atoms with Gasteiger partial charge in [0.25, 0.3) is 0 Å². The first-order valence-electron chi connectivity index (χ1n) is 3.37. The molecule has 6 nitrogen and oxygen atoms in total. The van der Waals surface area contributed by atoms with Gasteiger partial charge in [0.05, 0.1) is 12.7 Å². The van der Waals surface area contributed by atoms with Gasteiger partial charge in [-0.3, -0.25) is 0 Å². The minimum atomic E-state index is -1.72. The van der Waals surface area contributed by atoms with E-state index in [-0.39, 0.29) is 37.7 Å². The topological polar surface area (TPSA) is 118 Å². The van der Waals surface area contributed by atoms with Crippen molar-refractivity contribution in [3.63, 3.8) is 0 Å². The molecule has 7 heteroatoms. The number of aliphatic hydroxyl groups is 4. The molecule has 0 fully saturated rings. The molecule has 0 aliphatic rings. The molecule has 0 bridgehead atoms. The molecule has 13 heavy (non-hydrogen) atoms. The molecule has 0 aliphatic heterocycles. The van der Waals surface area contributed by atoms with Crippen LogP contribution in [0.2, 0.25) is 0 Å². The summed E-state index contributed by atoms with van der Waals surface area (Å²) in [4.78, 5) is 10.0. The maximum atomic E-state index is 10.0. The van der Waals surface area contributed by atoms with E-state index in [4.69, 9.17) is 25.5 Å². The van der Waals surface area contributed by atoms with E-state index in [0.717, 1.165) is 0 Å². The molecular formula is C6H14CaO6. The van der Waals surface area contributed by atoms with Gasteiger partial charge in [-0.15, -0.1) is 0 Å². The van der Waals surface area contributed by atoms with Crippen LogP contribution in [-0.4, -0.2) is 94.2 Å². The Kier molecular flexibility index (Phi) is 9.77. The number of carboxylic acid groups (broad SMARTS) is 1. The molecular weight excluding hydrogens is 208 g/mol. The second-order valence-electron chi connectivity index (χ2n) is 2.41. The minimum absolute atomic E-state index is 0. The molecule has 0 radical (unpaired) electrons. The molecule has 0 heterocycles. The van der Waals surface area contributed by atoms with Crippen molar-refractivity contribution < 1.29 is 30.3 Å². The monoisotopic (exact) mass is 222 g/mol. The third kappa shape index (κ3) is 6.62. The Morgan fingerprint density at radius 3 is 1.92 bits per heavy atom. The van der Waals surface area contributed by atoms with Crippen molar-refractivity contribution in [2.24, 2.45) is 0 Å². The van der Waals surface area contributed by atoms with Gasteiger partial charge < -0.3 is 25.5 Å². The van der Waals surface area contributed by atoms with Gasteiger partial charge in [-0.1, -0.05) is 0 Å². The molecule has 0 aliphatic carbocycles. The van der Waals surface area contributed by atoms with Gasteiger partial charge in [0, 0.05) is 6.42 Å². The third-order valence-electron chi connectivity index (χ3n) is 1.38. The van der Waals surface area contributed by atoms with E-state index < -0.39 is 37.3 Å². The molecule has 0 saturated heterocycles. The zero-order valence-corrected chi connectivity index (χ0v) is 6.29. The van der Waals surface area contributed by atoms with Crippen LogP contribution in [0.5, 0.6) is 0 Å². The third-order valence-corrected chi connectivity index (χ3v) is 1.38. The van der Waals surface area contributed by atoms with Crippen LogP contribution in [0.3, 0.4) is 0 Å². The van der Waals surface area contributed by atoms with E-state index in [1.807, 2.05) is 0 Å². The fourth-order valence-electron chi connectivity index (χ4n) is 0.608. The Morgan fingerprint density at radius 2 is 1.62 bits per heavy atom. The van der Waals surface area contributed by atoms with E-state index in [0.29, 0.717) is 0 Å². The van der Waals surface area contributed by atoms with E-state index >= 15 is 0 Å². The van der Waals surface area contributed by atoms with E-state index in [2.05, 4.69) is 0 Å². The maximum absolute atomic E-state index is 10.0. The van der Waals surface area contributed by atoms with Crippen molar-refractivity contribution in [3.8, 4) is 0 Å². The van der Waals surface area contributed by atoms with E-state index in [9.17, 15) is 4.79 Å². The number of carboxylic acids is 1. The Morgan fingerprint density at radius 1 is 1.15 bits per heavy atom. The quantitative estimate of drug-likeness (QED) is 0.310. The van der Waals surface area contributed by atoms with Crippen LogP contribution in [-0.2, 0) is 4.79 Å². The van der Waals surface area contributed by atoms with Gasteiger partial charge in [-0.05, 0) is 0 Å². The molecule has 0 aromatic carbocycles. The Balaban J connectivity index is 0. The van der Waals surface area contributed by atoms with Crippen LogP contribution < -0.4 is 0 Å². The van der Waals surface area contributed by atoms with Crippen LogP contribution in [0.4, 0.5) is 0 Å². The van der Waals surface area contributed by atoms with Gasteiger partial charge in [0.1, 0.15) is 6.10 Å². The average Bonchev–Trinajstić information content (AvgIpc) is 2.02. The van der Waals surface area contributed by atoms with E-state index in [1.54, 1.807) is 0 Å². The Labute approximate surface area is 105 Å². The molecule has 0 rings (SSSR count). The molecule has 0 aromatic rings.